The molecule has 0 unspecified atom stereocenters. The van der Waals surface area contributed by atoms with Gasteiger partial charge in [0.05, 0.1) is 5.02 Å². The Morgan fingerprint density at radius 3 is 2.92 bits per heavy atom. The molecule has 1 heterocycles. The van der Waals surface area contributed by atoms with E-state index in [-0.39, 0.29) is 5.82 Å². The van der Waals surface area contributed by atoms with Crippen LogP contribution in [0.2, 0.25) is 5.02 Å². The first-order valence-electron chi connectivity index (χ1n) is 3.50. The Labute approximate surface area is 83.0 Å². The average Bonchev–Trinajstić information content (AvgIpc) is 2.44. The van der Waals surface area contributed by atoms with Crippen molar-refractivity contribution in [2.45, 2.75) is 0 Å². The minimum Gasteiger partial charge on any atom is -0.207 e. The normalized spacial score (nSPS) is 10.2. The Balaban J connectivity index is 2.87. The Morgan fingerprint density at radius 1 is 1.46 bits per heavy atom. The number of hydrogen-bond donors (Lipinski definition) is 0. The molecule has 0 fully saturated rings. The second-order valence-corrected chi connectivity index (χ2v) is 3.93. The van der Waals surface area contributed by atoms with E-state index in [9.17, 15) is 4.39 Å². The lowest BCUT2D eigenvalue weighted by Crippen LogP contribution is -1.70. The molecule has 2 rings (SSSR count). The summed E-state index contributed by atoms with van der Waals surface area (Å²) in [5, 5.41) is 9.63. The van der Waals surface area contributed by atoms with Crippen molar-refractivity contribution < 1.29 is 4.39 Å². The molecule has 0 amide bonds. The van der Waals surface area contributed by atoms with E-state index >= 15 is 0 Å². The van der Waals surface area contributed by atoms with E-state index in [4.69, 9.17) is 16.9 Å². The Kier molecular flexibility index (Phi) is 1.95. The number of benzene rings is 1. The molecule has 0 aliphatic heterocycles. The third-order valence-corrected chi connectivity index (χ3v) is 3.27. The van der Waals surface area contributed by atoms with Gasteiger partial charge in [0, 0.05) is 10.1 Å². The zero-order valence-electron chi connectivity index (χ0n) is 6.34. The third kappa shape index (κ3) is 1.28. The van der Waals surface area contributed by atoms with Gasteiger partial charge in [-0.25, -0.2) is 4.39 Å². The van der Waals surface area contributed by atoms with E-state index in [0.717, 1.165) is 4.70 Å². The number of nitriles is 1. The van der Waals surface area contributed by atoms with Crippen molar-refractivity contribution in [2.75, 3.05) is 0 Å². The molecule has 64 valence electrons. The lowest BCUT2D eigenvalue weighted by Gasteiger charge is -1.89. The van der Waals surface area contributed by atoms with Gasteiger partial charge in [-0.1, -0.05) is 11.6 Å². The summed E-state index contributed by atoms with van der Waals surface area (Å²) in [6, 6.07) is 6.30. The van der Waals surface area contributed by atoms with E-state index in [2.05, 4.69) is 0 Å². The number of halogens is 2. The second kappa shape index (κ2) is 2.99. The lowest BCUT2D eigenvalue weighted by atomic mass is 10.2. The second-order valence-electron chi connectivity index (χ2n) is 2.50. The Morgan fingerprint density at radius 2 is 2.23 bits per heavy atom. The van der Waals surface area contributed by atoms with Gasteiger partial charge in [0.2, 0.25) is 0 Å². The van der Waals surface area contributed by atoms with Gasteiger partial charge in [0.25, 0.3) is 0 Å². The topological polar surface area (TPSA) is 23.8 Å². The quantitative estimate of drug-likeness (QED) is 0.654. The predicted molar refractivity (Wildman–Crippen MR) is 51.5 cm³/mol. The summed E-state index contributed by atoms with van der Waals surface area (Å²) >= 11 is 7.12. The first kappa shape index (κ1) is 8.49. The monoisotopic (exact) mass is 211 g/mol. The van der Waals surface area contributed by atoms with Crippen LogP contribution in [0.1, 0.15) is 4.88 Å². The van der Waals surface area contributed by atoms with Gasteiger partial charge in [-0.2, -0.15) is 5.26 Å². The van der Waals surface area contributed by atoms with Gasteiger partial charge >= 0.3 is 0 Å². The maximum absolute atomic E-state index is 12.8. The first-order valence-corrected chi connectivity index (χ1v) is 4.69. The molecule has 4 heteroatoms. The maximum atomic E-state index is 12.8. The van der Waals surface area contributed by atoms with Gasteiger partial charge in [-0.15, -0.1) is 11.3 Å². The van der Waals surface area contributed by atoms with Crippen molar-refractivity contribution in [1.29, 1.82) is 5.26 Å². The molecule has 1 nitrogen and oxygen atoms in total. The van der Waals surface area contributed by atoms with E-state index < -0.39 is 0 Å². The lowest BCUT2D eigenvalue weighted by molar-refractivity contribution is 0.630. The standard InChI is InChI=1S/C9H3ClFNS/c10-9-6-3-5(11)1-2-7(6)13-8(9)4-12/h1-3H. The zero-order chi connectivity index (χ0) is 9.42. The fourth-order valence-corrected chi connectivity index (χ4v) is 2.35. The van der Waals surface area contributed by atoms with Crippen LogP contribution in [0, 0.1) is 17.1 Å². The molecular weight excluding hydrogens is 209 g/mol. The number of thiophene rings is 1. The van der Waals surface area contributed by atoms with Gasteiger partial charge in [-0.05, 0) is 18.2 Å². The van der Waals surface area contributed by atoms with Crippen LogP contribution in [0.3, 0.4) is 0 Å². The number of rotatable bonds is 0. The van der Waals surface area contributed by atoms with Gasteiger partial charge in [0.15, 0.2) is 0 Å². The summed E-state index contributed by atoms with van der Waals surface area (Å²) in [6.07, 6.45) is 0. The van der Waals surface area contributed by atoms with Crippen molar-refractivity contribution in [3.63, 3.8) is 0 Å². The van der Waals surface area contributed by atoms with E-state index in [1.165, 1.54) is 23.5 Å². The summed E-state index contributed by atoms with van der Waals surface area (Å²) in [6.45, 7) is 0. The Hall–Kier alpha value is -1.11. The predicted octanol–water partition coefficient (Wildman–Crippen LogP) is 3.57. The summed E-state index contributed by atoms with van der Waals surface area (Å²) in [5.41, 5.74) is 0. The van der Waals surface area contributed by atoms with E-state index in [1.807, 2.05) is 6.07 Å². The number of nitrogens with zero attached hydrogens (tertiary/aromatic N) is 1. The van der Waals surface area contributed by atoms with Crippen LogP contribution in [0.5, 0.6) is 0 Å². The molecule has 0 N–H and O–H groups in total. The fourth-order valence-electron chi connectivity index (χ4n) is 1.11. The molecule has 0 radical (unpaired) electrons. The molecule has 1 aromatic carbocycles. The molecular formula is C9H3ClFNS. The Bertz CT molecular complexity index is 512. The van der Waals surface area contributed by atoms with Gasteiger partial charge in [-0.3, -0.25) is 0 Å². The summed E-state index contributed by atoms with van der Waals surface area (Å²) in [4.78, 5) is 0.433. The average molecular weight is 212 g/mol. The highest BCUT2D eigenvalue weighted by Crippen LogP contribution is 2.34. The van der Waals surface area contributed by atoms with Crippen LogP contribution in [-0.4, -0.2) is 0 Å². The molecule has 0 spiro atoms. The number of hydrogen-bond acceptors (Lipinski definition) is 2. The molecule has 0 bridgehead atoms. The van der Waals surface area contributed by atoms with Crippen molar-refractivity contribution in [3.05, 3.63) is 33.9 Å². The van der Waals surface area contributed by atoms with Crippen molar-refractivity contribution >= 4 is 33.0 Å². The van der Waals surface area contributed by atoms with E-state index in [0.29, 0.717) is 15.3 Å². The summed E-state index contributed by atoms with van der Waals surface area (Å²) < 4.78 is 13.6. The number of fused-ring (bicyclic) bond motifs is 1. The highest BCUT2D eigenvalue weighted by atomic mass is 35.5. The molecule has 0 atom stereocenters. The van der Waals surface area contributed by atoms with Crippen LogP contribution >= 0.6 is 22.9 Å². The maximum Gasteiger partial charge on any atom is 0.124 e. The van der Waals surface area contributed by atoms with Crippen LogP contribution in [0.4, 0.5) is 4.39 Å². The molecule has 0 saturated carbocycles. The molecule has 13 heavy (non-hydrogen) atoms. The zero-order valence-corrected chi connectivity index (χ0v) is 7.92. The summed E-state index contributed by atoms with van der Waals surface area (Å²) in [5.74, 6) is -0.336. The highest BCUT2D eigenvalue weighted by Gasteiger charge is 2.09. The summed E-state index contributed by atoms with van der Waals surface area (Å²) in [7, 11) is 0. The SMILES string of the molecule is N#Cc1sc2ccc(F)cc2c1Cl. The van der Waals surface area contributed by atoms with E-state index in [1.54, 1.807) is 6.07 Å². The largest absolute Gasteiger partial charge is 0.207 e. The van der Waals surface area contributed by atoms with Crippen molar-refractivity contribution in [1.82, 2.24) is 0 Å². The highest BCUT2D eigenvalue weighted by molar-refractivity contribution is 7.20. The molecule has 2 aromatic rings. The van der Waals surface area contributed by atoms with Crippen LogP contribution in [0.15, 0.2) is 18.2 Å². The molecule has 0 aliphatic carbocycles. The first-order chi connectivity index (χ1) is 6.22. The van der Waals surface area contributed by atoms with Crippen LogP contribution < -0.4 is 0 Å². The molecule has 1 aromatic heterocycles. The minimum atomic E-state index is -0.336. The minimum absolute atomic E-state index is 0.336. The smallest absolute Gasteiger partial charge is 0.124 e. The fraction of sp³-hybridized carbons (Fsp3) is 0. The van der Waals surface area contributed by atoms with Crippen LogP contribution in [0.25, 0.3) is 10.1 Å². The molecule has 0 aliphatic rings. The van der Waals surface area contributed by atoms with Crippen molar-refractivity contribution in [3.8, 4) is 6.07 Å². The third-order valence-electron chi connectivity index (χ3n) is 1.69. The van der Waals surface area contributed by atoms with Crippen molar-refractivity contribution in [2.24, 2.45) is 0 Å². The van der Waals surface area contributed by atoms with Gasteiger partial charge < -0.3 is 0 Å². The van der Waals surface area contributed by atoms with Crippen LogP contribution in [-0.2, 0) is 0 Å². The molecule has 0 saturated heterocycles. The van der Waals surface area contributed by atoms with Gasteiger partial charge in [0.1, 0.15) is 16.8 Å².